The van der Waals surface area contributed by atoms with Gasteiger partial charge in [0.25, 0.3) is 0 Å². The second kappa shape index (κ2) is 13.2. The van der Waals surface area contributed by atoms with Crippen molar-refractivity contribution in [2.45, 2.75) is 69.2 Å². The lowest BCUT2D eigenvalue weighted by Gasteiger charge is -2.16. The van der Waals surface area contributed by atoms with E-state index in [1.165, 1.54) is 42.5 Å². The van der Waals surface area contributed by atoms with E-state index in [0.29, 0.717) is 23.9 Å². The van der Waals surface area contributed by atoms with Gasteiger partial charge < -0.3 is 21.3 Å². The Balaban J connectivity index is 0.000000152. The molecule has 0 aromatic heterocycles. The predicted octanol–water partition coefficient (Wildman–Crippen LogP) is 5.84. The van der Waals surface area contributed by atoms with Gasteiger partial charge in [-0.05, 0) is 142 Å². The van der Waals surface area contributed by atoms with Gasteiger partial charge in [-0.15, -0.1) is 0 Å². The number of nitrogens with one attached hydrogen (secondary N) is 4. The van der Waals surface area contributed by atoms with E-state index in [9.17, 15) is 25.6 Å². The molecule has 0 saturated carbocycles. The number of sulfone groups is 2. The molecule has 252 valence electrons. The van der Waals surface area contributed by atoms with Crippen molar-refractivity contribution in [1.82, 2.24) is 10.6 Å². The minimum atomic E-state index is -3.71. The first-order chi connectivity index (χ1) is 23.1. The fourth-order valence-corrected chi connectivity index (χ4v) is 10.0. The Morgan fingerprint density at radius 1 is 0.500 bits per heavy atom. The first-order valence-electron chi connectivity index (χ1n) is 16.3. The molecule has 0 unspecified atom stereocenters. The molecule has 4 atom stereocenters. The summed E-state index contributed by atoms with van der Waals surface area (Å²) in [6, 6.07) is 21.3. The van der Waals surface area contributed by atoms with E-state index >= 15 is 0 Å². The summed E-state index contributed by atoms with van der Waals surface area (Å²) in [4.78, 5) is 0.611. The van der Waals surface area contributed by atoms with Crippen LogP contribution < -0.4 is 21.3 Å². The van der Waals surface area contributed by atoms with Crippen LogP contribution in [0, 0.1) is 11.6 Å². The van der Waals surface area contributed by atoms with Gasteiger partial charge in [-0.25, -0.2) is 25.6 Å². The van der Waals surface area contributed by atoms with E-state index in [0.717, 1.165) is 80.4 Å². The van der Waals surface area contributed by atoms with Crippen molar-refractivity contribution in [3.63, 3.8) is 0 Å². The van der Waals surface area contributed by atoms with Crippen molar-refractivity contribution >= 4 is 31.0 Å². The normalized spacial score (nSPS) is 23.0. The van der Waals surface area contributed by atoms with E-state index in [1.54, 1.807) is 24.3 Å². The van der Waals surface area contributed by atoms with Crippen LogP contribution >= 0.6 is 0 Å². The number of hydrogen-bond acceptors (Lipinski definition) is 8. The quantitative estimate of drug-likeness (QED) is 0.197. The maximum absolute atomic E-state index is 13.4. The van der Waals surface area contributed by atoms with Crippen molar-refractivity contribution in [2.75, 3.05) is 36.8 Å². The van der Waals surface area contributed by atoms with Gasteiger partial charge in [0.1, 0.15) is 11.6 Å². The molecular weight excluding hydrogens is 655 g/mol. The fraction of sp³-hybridized carbons (Fsp3) is 0.333. The van der Waals surface area contributed by atoms with Crippen LogP contribution in [0.15, 0.2) is 105 Å². The molecular formula is C36H38F2N4O4S2. The van der Waals surface area contributed by atoms with Crippen molar-refractivity contribution in [3.05, 3.63) is 108 Å². The second-order valence-corrected chi connectivity index (χ2v) is 16.7. The molecule has 4 aliphatic rings. The highest BCUT2D eigenvalue weighted by atomic mass is 32.2. The molecule has 0 bridgehead atoms. The summed E-state index contributed by atoms with van der Waals surface area (Å²) in [5.74, 6) is -0.342. The zero-order valence-electron chi connectivity index (χ0n) is 26.3. The van der Waals surface area contributed by atoms with Crippen LogP contribution in [0.4, 0.5) is 20.2 Å². The lowest BCUT2D eigenvalue weighted by molar-refractivity contribution is 0.576. The molecule has 4 aromatic rings. The van der Waals surface area contributed by atoms with Gasteiger partial charge in [-0.1, -0.05) is 6.07 Å². The van der Waals surface area contributed by atoms with Crippen LogP contribution in [0.2, 0.25) is 0 Å². The third-order valence-corrected chi connectivity index (χ3v) is 13.4. The zero-order chi connectivity index (χ0) is 33.5. The van der Waals surface area contributed by atoms with Crippen LogP contribution in [0.1, 0.15) is 48.6 Å². The maximum atomic E-state index is 13.4. The first kappa shape index (κ1) is 32.7. The molecule has 2 fully saturated rings. The topological polar surface area (TPSA) is 116 Å². The van der Waals surface area contributed by atoms with Crippen molar-refractivity contribution in [1.29, 1.82) is 0 Å². The summed E-state index contributed by atoms with van der Waals surface area (Å²) < 4.78 is 77.8. The van der Waals surface area contributed by atoms with E-state index in [2.05, 4.69) is 21.3 Å². The van der Waals surface area contributed by atoms with Gasteiger partial charge in [0.05, 0.1) is 19.6 Å². The van der Waals surface area contributed by atoms with E-state index < -0.39 is 31.3 Å². The average molecular weight is 693 g/mol. The van der Waals surface area contributed by atoms with Gasteiger partial charge in [-0.2, -0.15) is 0 Å². The summed E-state index contributed by atoms with van der Waals surface area (Å²) in [5, 5.41) is 13.8. The minimum Gasteiger partial charge on any atom is -0.381 e. The SMILES string of the molecule is O=S(=O)(c1ccc(F)cc1)c1ccc2c(c1)[C@@H]1CCNCC[C@H]1N2.O=S(=O)(c1cccc(F)c1)c1ccc2c(c1)[C@@H]1CCNCC[C@H]1N2. The molecule has 0 spiro atoms. The Bertz CT molecular complexity index is 2040. The Hall–Kier alpha value is -3.84. The van der Waals surface area contributed by atoms with Gasteiger partial charge in [-0.3, -0.25) is 0 Å². The molecule has 2 saturated heterocycles. The van der Waals surface area contributed by atoms with Crippen molar-refractivity contribution in [2.24, 2.45) is 0 Å². The van der Waals surface area contributed by atoms with Crippen molar-refractivity contribution in [3.8, 4) is 0 Å². The van der Waals surface area contributed by atoms with Crippen LogP contribution in [0.3, 0.4) is 0 Å². The third kappa shape index (κ3) is 6.34. The summed E-state index contributed by atoms with van der Waals surface area (Å²) in [7, 11) is -7.35. The highest BCUT2D eigenvalue weighted by molar-refractivity contribution is 7.91. The summed E-state index contributed by atoms with van der Waals surface area (Å²) in [6.45, 7) is 3.82. The lowest BCUT2D eigenvalue weighted by atomic mass is 9.91. The zero-order valence-corrected chi connectivity index (χ0v) is 27.9. The number of fused-ring (bicyclic) bond motifs is 6. The number of halogens is 2. The van der Waals surface area contributed by atoms with Crippen LogP contribution in [-0.4, -0.2) is 55.1 Å². The molecule has 4 N–H and O–H groups in total. The number of anilines is 2. The second-order valence-electron chi connectivity index (χ2n) is 12.8. The number of benzene rings is 4. The number of hydrogen-bond donors (Lipinski definition) is 4. The van der Waals surface area contributed by atoms with Crippen LogP contribution in [0.25, 0.3) is 0 Å². The Labute approximate surface area is 280 Å². The smallest absolute Gasteiger partial charge is 0.206 e. The largest absolute Gasteiger partial charge is 0.381 e. The monoisotopic (exact) mass is 692 g/mol. The summed E-state index contributed by atoms with van der Waals surface area (Å²) in [6.07, 6.45) is 4.02. The highest BCUT2D eigenvalue weighted by Gasteiger charge is 2.35. The van der Waals surface area contributed by atoms with E-state index in [4.69, 9.17) is 0 Å². The van der Waals surface area contributed by atoms with Crippen molar-refractivity contribution < 1.29 is 25.6 Å². The Kier molecular flexibility index (Phi) is 9.01. The van der Waals surface area contributed by atoms with Gasteiger partial charge >= 0.3 is 0 Å². The molecule has 8 nitrogen and oxygen atoms in total. The lowest BCUT2D eigenvalue weighted by Crippen LogP contribution is -2.21. The van der Waals surface area contributed by atoms with Gasteiger partial charge in [0.15, 0.2) is 0 Å². The van der Waals surface area contributed by atoms with Gasteiger partial charge in [0.2, 0.25) is 19.7 Å². The molecule has 4 aromatic carbocycles. The molecule has 8 rings (SSSR count). The molecule has 4 heterocycles. The van der Waals surface area contributed by atoms with E-state index in [1.807, 2.05) is 12.1 Å². The Morgan fingerprint density at radius 3 is 1.48 bits per heavy atom. The average Bonchev–Trinajstić information content (AvgIpc) is 3.37. The molecule has 0 radical (unpaired) electrons. The fourth-order valence-electron chi connectivity index (χ4n) is 7.39. The molecule has 48 heavy (non-hydrogen) atoms. The molecule has 0 aliphatic carbocycles. The standard InChI is InChI=1S/2C18H19FN2O2S/c19-12-1-3-13(4-2-12)24(22,23)14-5-6-17-16(11-14)15-7-9-20-10-8-18(15)21-17;19-12-2-1-3-13(10-12)24(22,23)14-4-5-17-16(11-14)15-6-8-20-9-7-18(15)21-17/h1-6,11,15,18,20-21H,7-10H2;1-5,10-11,15,18,20-21H,6-9H2/t2*15-,18+/m00/s1. The summed E-state index contributed by atoms with van der Waals surface area (Å²) in [5.41, 5.74) is 4.18. The van der Waals surface area contributed by atoms with E-state index in [-0.39, 0.29) is 19.6 Å². The summed E-state index contributed by atoms with van der Waals surface area (Å²) >= 11 is 0. The highest BCUT2D eigenvalue weighted by Crippen LogP contribution is 2.43. The number of rotatable bonds is 4. The van der Waals surface area contributed by atoms with Crippen LogP contribution in [-0.2, 0) is 19.7 Å². The third-order valence-electron chi connectivity index (χ3n) is 9.88. The molecule has 4 aliphatic heterocycles. The predicted molar refractivity (Wildman–Crippen MR) is 181 cm³/mol. The molecule has 0 amide bonds. The Morgan fingerprint density at radius 2 is 0.958 bits per heavy atom. The maximum Gasteiger partial charge on any atom is 0.206 e. The first-order valence-corrected chi connectivity index (χ1v) is 19.3. The minimum absolute atomic E-state index is 0.00695. The molecule has 12 heteroatoms. The van der Waals surface area contributed by atoms with Gasteiger partial charge in [0, 0.05) is 35.3 Å². The van der Waals surface area contributed by atoms with Crippen LogP contribution in [0.5, 0.6) is 0 Å².